The second-order valence-electron chi connectivity index (χ2n) is 5.90. The maximum Gasteiger partial charge on any atom is 0.345 e. The van der Waals surface area contributed by atoms with E-state index in [1.165, 1.54) is 0 Å². The van der Waals surface area contributed by atoms with Crippen molar-refractivity contribution in [1.82, 2.24) is 0 Å². The average Bonchev–Trinajstić information content (AvgIpc) is 2.67. The molecule has 2 rings (SSSR count). The lowest BCUT2D eigenvalue weighted by Crippen LogP contribution is -2.08. The van der Waals surface area contributed by atoms with Gasteiger partial charge in [-0.05, 0) is 43.5 Å². The molecule has 140 valence electrons. The van der Waals surface area contributed by atoms with Crippen LogP contribution in [-0.2, 0) is 0 Å². The van der Waals surface area contributed by atoms with Gasteiger partial charge in [-0.25, -0.2) is 19.6 Å². The van der Waals surface area contributed by atoms with Crippen LogP contribution in [0.5, 0.6) is 0 Å². The summed E-state index contributed by atoms with van der Waals surface area (Å²) in [7, 11) is 0. The largest absolute Gasteiger partial charge is 0.345 e. The van der Waals surface area contributed by atoms with E-state index in [0.717, 1.165) is 23.3 Å². The summed E-state index contributed by atoms with van der Waals surface area (Å²) in [5.41, 5.74) is 3.90. The molecule has 2 N–H and O–H groups in total. The SMILES string of the molecule is CC/C=N\C(=O)Nc1ccccc1-c1ccc(NC(=O)/N=C(\C)CC)cc1. The summed E-state index contributed by atoms with van der Waals surface area (Å²) in [4.78, 5) is 31.5. The lowest BCUT2D eigenvalue weighted by molar-refractivity contribution is 0.258. The quantitative estimate of drug-likeness (QED) is 0.660. The van der Waals surface area contributed by atoms with Gasteiger partial charge in [0.2, 0.25) is 0 Å². The van der Waals surface area contributed by atoms with Crippen LogP contribution >= 0.6 is 0 Å². The van der Waals surface area contributed by atoms with E-state index >= 15 is 0 Å². The molecule has 2 aromatic rings. The van der Waals surface area contributed by atoms with Gasteiger partial charge >= 0.3 is 12.1 Å². The predicted octanol–water partition coefficient (Wildman–Crippen LogP) is 5.77. The Bertz CT molecular complexity index is 855. The van der Waals surface area contributed by atoms with Crippen LogP contribution in [0.25, 0.3) is 11.1 Å². The summed E-state index contributed by atoms with van der Waals surface area (Å²) in [6.45, 7) is 5.68. The number of urea groups is 2. The third kappa shape index (κ3) is 6.18. The topological polar surface area (TPSA) is 82.9 Å². The smallest absolute Gasteiger partial charge is 0.306 e. The van der Waals surface area contributed by atoms with Crippen LogP contribution in [0.4, 0.5) is 21.0 Å². The number of rotatable bonds is 5. The molecule has 27 heavy (non-hydrogen) atoms. The van der Waals surface area contributed by atoms with Gasteiger partial charge < -0.3 is 10.6 Å². The molecule has 0 aliphatic rings. The first-order chi connectivity index (χ1) is 13.0. The van der Waals surface area contributed by atoms with E-state index in [4.69, 9.17) is 0 Å². The maximum atomic E-state index is 11.9. The molecule has 0 aromatic heterocycles. The third-order valence-electron chi connectivity index (χ3n) is 3.81. The van der Waals surface area contributed by atoms with Gasteiger partial charge in [-0.15, -0.1) is 0 Å². The fourth-order valence-corrected chi connectivity index (χ4v) is 2.30. The zero-order chi connectivity index (χ0) is 19.6. The molecule has 0 saturated carbocycles. The van der Waals surface area contributed by atoms with Crippen molar-refractivity contribution in [1.29, 1.82) is 0 Å². The molecule has 6 heteroatoms. The number of nitrogens with zero attached hydrogens (tertiary/aromatic N) is 2. The van der Waals surface area contributed by atoms with Crippen molar-refractivity contribution >= 4 is 35.4 Å². The Labute approximate surface area is 159 Å². The van der Waals surface area contributed by atoms with E-state index < -0.39 is 6.03 Å². The second-order valence-corrected chi connectivity index (χ2v) is 5.90. The molecule has 0 heterocycles. The van der Waals surface area contributed by atoms with Gasteiger partial charge in [-0.1, -0.05) is 44.2 Å². The second kappa shape index (κ2) is 10.0. The van der Waals surface area contributed by atoms with Crippen molar-refractivity contribution in [2.75, 3.05) is 10.6 Å². The Morgan fingerprint density at radius 2 is 1.67 bits per heavy atom. The van der Waals surface area contributed by atoms with Crippen molar-refractivity contribution in [2.45, 2.75) is 33.6 Å². The number of carbonyl (C=O) groups excluding carboxylic acids is 2. The van der Waals surface area contributed by atoms with Crippen LogP contribution in [0.1, 0.15) is 33.6 Å². The molecule has 0 aliphatic carbocycles. The minimum absolute atomic E-state index is 0.386. The number of hydrogen-bond acceptors (Lipinski definition) is 2. The Morgan fingerprint density at radius 3 is 2.33 bits per heavy atom. The molecule has 0 aliphatic heterocycles. The molecule has 2 aromatic carbocycles. The number of benzene rings is 2. The number of anilines is 2. The molecular formula is C21H24N4O2. The number of nitrogens with one attached hydrogen (secondary N) is 2. The molecule has 6 nitrogen and oxygen atoms in total. The molecule has 0 saturated heterocycles. The highest BCUT2D eigenvalue weighted by Gasteiger charge is 2.08. The highest BCUT2D eigenvalue weighted by Crippen LogP contribution is 2.29. The fraction of sp³-hybridized carbons (Fsp3) is 0.238. The van der Waals surface area contributed by atoms with E-state index in [-0.39, 0.29) is 6.03 Å². The van der Waals surface area contributed by atoms with E-state index in [1.54, 1.807) is 18.3 Å². The van der Waals surface area contributed by atoms with Crippen LogP contribution in [0, 0.1) is 0 Å². The molecule has 4 amide bonds. The first-order valence-electron chi connectivity index (χ1n) is 8.91. The van der Waals surface area contributed by atoms with Crippen molar-refractivity contribution in [3.8, 4) is 11.1 Å². The zero-order valence-electron chi connectivity index (χ0n) is 15.8. The lowest BCUT2D eigenvalue weighted by Gasteiger charge is -2.10. The Hall–Kier alpha value is -3.28. The van der Waals surface area contributed by atoms with Gasteiger partial charge in [-0.3, -0.25) is 0 Å². The molecule has 0 bridgehead atoms. The van der Waals surface area contributed by atoms with Gasteiger partial charge in [0.05, 0.1) is 5.69 Å². The molecule has 0 fully saturated rings. The lowest BCUT2D eigenvalue weighted by atomic mass is 10.0. The van der Waals surface area contributed by atoms with Crippen LogP contribution < -0.4 is 10.6 Å². The van der Waals surface area contributed by atoms with Crippen molar-refractivity contribution < 1.29 is 9.59 Å². The van der Waals surface area contributed by atoms with E-state index in [0.29, 0.717) is 17.8 Å². The first-order valence-corrected chi connectivity index (χ1v) is 8.91. The summed E-state index contributed by atoms with van der Waals surface area (Å²) in [6, 6.07) is 14.1. The molecule has 0 radical (unpaired) electrons. The number of hydrogen-bond donors (Lipinski definition) is 2. The van der Waals surface area contributed by atoms with Gasteiger partial charge in [0, 0.05) is 23.2 Å². The predicted molar refractivity (Wildman–Crippen MR) is 112 cm³/mol. The minimum atomic E-state index is -0.405. The van der Waals surface area contributed by atoms with Crippen molar-refractivity contribution in [2.24, 2.45) is 9.98 Å². The number of aliphatic imine (C=N–C) groups is 2. The minimum Gasteiger partial charge on any atom is -0.306 e. The molecule has 0 unspecified atom stereocenters. The van der Waals surface area contributed by atoms with Crippen molar-refractivity contribution in [3.63, 3.8) is 0 Å². The fourth-order valence-electron chi connectivity index (χ4n) is 2.30. The van der Waals surface area contributed by atoms with Gasteiger partial charge in [-0.2, -0.15) is 0 Å². The summed E-state index contributed by atoms with van der Waals surface area (Å²) in [5.74, 6) is 0. The monoisotopic (exact) mass is 364 g/mol. The Morgan fingerprint density at radius 1 is 0.963 bits per heavy atom. The molecule has 0 spiro atoms. The maximum absolute atomic E-state index is 11.9. The van der Waals surface area contributed by atoms with E-state index in [2.05, 4.69) is 20.6 Å². The highest BCUT2D eigenvalue weighted by atomic mass is 16.2. The number of amides is 4. The summed E-state index contributed by atoms with van der Waals surface area (Å²) < 4.78 is 0. The van der Waals surface area contributed by atoms with Crippen LogP contribution in [0.15, 0.2) is 58.5 Å². The van der Waals surface area contributed by atoms with Gasteiger partial charge in [0.1, 0.15) is 0 Å². The number of para-hydroxylation sites is 1. The summed E-state index contributed by atoms with van der Waals surface area (Å²) in [5, 5.41) is 5.53. The van der Waals surface area contributed by atoms with Gasteiger partial charge in [0.15, 0.2) is 0 Å². The zero-order valence-corrected chi connectivity index (χ0v) is 15.8. The summed E-state index contributed by atoms with van der Waals surface area (Å²) >= 11 is 0. The van der Waals surface area contributed by atoms with Crippen LogP contribution in [-0.4, -0.2) is 24.0 Å². The van der Waals surface area contributed by atoms with E-state index in [9.17, 15) is 9.59 Å². The normalized spacial score (nSPS) is 11.4. The van der Waals surface area contributed by atoms with Crippen LogP contribution in [0.2, 0.25) is 0 Å². The standard InChI is InChI=1S/C21H24N4O2/c1-4-14-22-20(26)25-19-9-7-6-8-18(19)16-10-12-17(13-11-16)24-21(27)23-15(3)5-2/h6-14H,4-5H2,1-3H3,(H,24,27)(H,25,26)/b22-14-,23-15+. The first kappa shape index (κ1) is 20.0. The molecule has 0 atom stereocenters. The average molecular weight is 364 g/mol. The molecular weight excluding hydrogens is 340 g/mol. The van der Waals surface area contributed by atoms with Crippen molar-refractivity contribution in [3.05, 3.63) is 48.5 Å². The third-order valence-corrected chi connectivity index (χ3v) is 3.81. The highest BCUT2D eigenvalue weighted by molar-refractivity contribution is 6.00. The van der Waals surface area contributed by atoms with Gasteiger partial charge in [0.25, 0.3) is 0 Å². The Kier molecular flexibility index (Phi) is 7.43. The summed E-state index contributed by atoms with van der Waals surface area (Å²) in [6.07, 6.45) is 3.00. The Balaban J connectivity index is 2.16. The van der Waals surface area contributed by atoms with Crippen LogP contribution in [0.3, 0.4) is 0 Å². The number of carbonyl (C=O) groups is 2. The van der Waals surface area contributed by atoms with E-state index in [1.807, 2.05) is 57.2 Å².